The SMILES string of the molecule is CC.CCO.CCO.NCCCCc1ncc(-c2ccccc2)s1.NNO.O=C1c2ccccc2C(=O)N1CCCCc1ncc(-c2ccccc2)s1. The molecule has 53 heavy (non-hydrogen) atoms. The van der Waals surface area contributed by atoms with Crippen LogP contribution in [0.4, 0.5) is 0 Å². The number of rotatable bonds is 11. The standard InChI is InChI=1S/C21H18N2O2S.C13H16N2S.2C2H6O.C2H6.H4N2O/c24-20-16-10-4-5-11-17(16)21(25)23(20)13-7-6-12-19-22-14-18(26-19)15-8-2-1-3-9-15;14-9-5-4-8-13-15-10-12(16-13)11-6-2-1-3-7-11;2*1-2-3;1-2;1-2-3/h1-5,8-11,14H,6-7,12-13H2;1-3,6-7,10H,4-5,8-9,14H2;2*3H,2H2,1H3;1-2H3;2-3H,1H2. The number of unbranched alkanes of at least 4 members (excludes halogenated alkanes) is 2. The van der Waals surface area contributed by atoms with Gasteiger partial charge in [0.25, 0.3) is 11.8 Å². The van der Waals surface area contributed by atoms with E-state index in [2.05, 4.69) is 52.2 Å². The predicted octanol–water partition coefficient (Wildman–Crippen LogP) is 7.38. The van der Waals surface area contributed by atoms with E-state index in [1.54, 1.807) is 60.8 Å². The maximum absolute atomic E-state index is 12.3. The number of carbonyl (C=O) groups excluding carboxylic acids is 2. The molecule has 0 spiro atoms. The molecule has 11 nitrogen and oxygen atoms in total. The number of carbonyl (C=O) groups is 2. The van der Waals surface area contributed by atoms with E-state index in [1.165, 1.54) is 36.4 Å². The van der Waals surface area contributed by atoms with Gasteiger partial charge >= 0.3 is 0 Å². The molecule has 1 aliphatic heterocycles. The lowest BCUT2D eigenvalue weighted by Gasteiger charge is -2.13. The molecule has 0 radical (unpaired) electrons. The molecular weight excluding hydrogens is 709 g/mol. The van der Waals surface area contributed by atoms with Crippen molar-refractivity contribution in [1.29, 1.82) is 0 Å². The summed E-state index contributed by atoms with van der Waals surface area (Å²) in [5.74, 6) is 3.80. The number of nitrogens with one attached hydrogen (secondary N) is 1. The van der Waals surface area contributed by atoms with Crippen LogP contribution in [-0.4, -0.2) is 68.4 Å². The quantitative estimate of drug-likeness (QED) is 0.0343. The highest BCUT2D eigenvalue weighted by Crippen LogP contribution is 2.28. The lowest BCUT2D eigenvalue weighted by molar-refractivity contribution is 0.0651. The van der Waals surface area contributed by atoms with Crippen LogP contribution in [0.5, 0.6) is 0 Å². The molecule has 288 valence electrons. The Morgan fingerprint density at radius 3 is 1.40 bits per heavy atom. The number of aryl methyl sites for hydroxylation is 2. The first-order chi connectivity index (χ1) is 25.9. The second kappa shape index (κ2) is 29.3. The number of nitrogens with zero attached hydrogens (tertiary/aromatic N) is 3. The smallest absolute Gasteiger partial charge is 0.261 e. The third kappa shape index (κ3) is 17.0. The maximum Gasteiger partial charge on any atom is 0.261 e. The molecule has 0 unspecified atom stereocenters. The minimum Gasteiger partial charge on any atom is -0.397 e. The zero-order valence-corrected chi connectivity index (χ0v) is 32.9. The molecule has 0 saturated carbocycles. The number of hydrazine groups is 1. The van der Waals surface area contributed by atoms with Crippen molar-refractivity contribution in [2.75, 3.05) is 26.3 Å². The van der Waals surface area contributed by atoms with Crippen LogP contribution in [0.25, 0.3) is 20.9 Å². The van der Waals surface area contributed by atoms with E-state index in [4.69, 9.17) is 21.2 Å². The minimum absolute atomic E-state index is 0.175. The van der Waals surface area contributed by atoms with E-state index in [0.29, 0.717) is 17.7 Å². The number of hydrogen-bond acceptors (Lipinski definition) is 12. The Morgan fingerprint density at radius 2 is 1.02 bits per heavy atom. The number of benzene rings is 3. The molecule has 1 aliphatic rings. The Labute approximate surface area is 322 Å². The van der Waals surface area contributed by atoms with Gasteiger partial charge in [0, 0.05) is 32.2 Å². The van der Waals surface area contributed by atoms with Crippen LogP contribution < -0.4 is 17.2 Å². The van der Waals surface area contributed by atoms with Gasteiger partial charge in [0.1, 0.15) is 0 Å². The molecule has 6 rings (SSSR count). The summed E-state index contributed by atoms with van der Waals surface area (Å²) >= 11 is 3.49. The van der Waals surface area contributed by atoms with Crippen molar-refractivity contribution in [2.45, 2.75) is 66.2 Å². The number of aliphatic hydroxyl groups is 2. The molecule has 8 N–H and O–H groups in total. The number of thiazole rings is 2. The Morgan fingerprint density at radius 1 is 0.660 bits per heavy atom. The molecule has 13 heteroatoms. The van der Waals surface area contributed by atoms with Crippen molar-refractivity contribution in [3.63, 3.8) is 0 Å². The third-order valence-electron chi connectivity index (χ3n) is 6.97. The zero-order chi connectivity index (χ0) is 39.3. The molecule has 0 aliphatic carbocycles. The summed E-state index contributed by atoms with van der Waals surface area (Å²) in [5, 5.41) is 24.5. The molecule has 0 atom stereocenters. The van der Waals surface area contributed by atoms with Gasteiger partial charge in [-0.15, -0.1) is 28.3 Å². The number of nitrogens with two attached hydrogens (primary N) is 2. The van der Waals surface area contributed by atoms with Crippen molar-refractivity contribution < 1.29 is 25.0 Å². The number of aliphatic hydroxyl groups excluding tert-OH is 2. The van der Waals surface area contributed by atoms with Gasteiger partial charge in [-0.05, 0) is 82.2 Å². The summed E-state index contributed by atoms with van der Waals surface area (Å²) in [5.41, 5.74) is 10.2. The van der Waals surface area contributed by atoms with Gasteiger partial charge < -0.3 is 21.2 Å². The highest BCUT2D eigenvalue weighted by molar-refractivity contribution is 7.15. The Hall–Kier alpha value is -4.18. The van der Waals surface area contributed by atoms with Gasteiger partial charge in [-0.3, -0.25) is 14.5 Å². The average molecular weight is 765 g/mol. The maximum atomic E-state index is 12.3. The van der Waals surface area contributed by atoms with Crippen molar-refractivity contribution in [3.8, 4) is 20.9 Å². The first kappa shape index (κ1) is 46.8. The lowest BCUT2D eigenvalue weighted by atomic mass is 10.1. The second-order valence-electron chi connectivity index (χ2n) is 10.7. The Kier molecular flexibility index (Phi) is 25.9. The average Bonchev–Trinajstić information content (AvgIpc) is 3.93. The van der Waals surface area contributed by atoms with Crippen LogP contribution in [0.15, 0.2) is 97.3 Å². The first-order valence-electron chi connectivity index (χ1n) is 17.9. The summed E-state index contributed by atoms with van der Waals surface area (Å²) in [4.78, 5) is 37.4. The number of imide groups is 1. The van der Waals surface area contributed by atoms with E-state index in [9.17, 15) is 9.59 Å². The largest absolute Gasteiger partial charge is 0.397 e. The number of fused-ring (bicyclic) bond motifs is 1. The molecule has 2 aromatic heterocycles. The molecule has 0 fully saturated rings. The van der Waals surface area contributed by atoms with Gasteiger partial charge in [0.05, 0.1) is 30.9 Å². The Bertz CT molecular complexity index is 1630. The zero-order valence-electron chi connectivity index (χ0n) is 31.3. The van der Waals surface area contributed by atoms with Gasteiger partial charge in [-0.1, -0.05) is 86.6 Å². The van der Waals surface area contributed by atoms with Crippen LogP contribution >= 0.6 is 22.7 Å². The van der Waals surface area contributed by atoms with Crippen molar-refractivity contribution in [3.05, 3.63) is 118 Å². The normalized spacial score (nSPS) is 10.8. The number of aromatic nitrogens is 2. The fourth-order valence-corrected chi connectivity index (χ4v) is 6.66. The number of amides is 2. The van der Waals surface area contributed by atoms with Gasteiger partial charge in [0.2, 0.25) is 0 Å². The van der Waals surface area contributed by atoms with Gasteiger partial charge in [-0.25, -0.2) is 15.8 Å². The van der Waals surface area contributed by atoms with Crippen molar-refractivity contribution >= 4 is 34.5 Å². The van der Waals surface area contributed by atoms with Crippen molar-refractivity contribution in [1.82, 2.24) is 20.5 Å². The second-order valence-corrected chi connectivity index (χ2v) is 13.0. The Balaban J connectivity index is 0.000000443. The van der Waals surface area contributed by atoms with Crippen LogP contribution in [-0.2, 0) is 12.8 Å². The highest BCUT2D eigenvalue weighted by atomic mass is 32.1. The van der Waals surface area contributed by atoms with Crippen LogP contribution in [0.3, 0.4) is 0 Å². The fourth-order valence-electron chi connectivity index (χ4n) is 4.73. The first-order valence-corrected chi connectivity index (χ1v) is 19.5. The summed E-state index contributed by atoms with van der Waals surface area (Å²) in [6.07, 6.45) is 9.70. The van der Waals surface area contributed by atoms with Crippen LogP contribution in [0.2, 0.25) is 0 Å². The van der Waals surface area contributed by atoms with Crippen LogP contribution in [0.1, 0.15) is 84.1 Å². The number of hydrogen-bond donors (Lipinski definition) is 6. The molecule has 0 saturated heterocycles. The van der Waals surface area contributed by atoms with Gasteiger partial charge in [0.15, 0.2) is 0 Å². The monoisotopic (exact) mass is 764 g/mol. The molecule has 5 aromatic rings. The molecule has 2 amide bonds. The summed E-state index contributed by atoms with van der Waals surface area (Å²) in [6, 6.07) is 27.6. The van der Waals surface area contributed by atoms with E-state index in [1.807, 2.05) is 50.5 Å². The fraction of sp³-hybridized carbons (Fsp3) is 0.350. The topological polar surface area (TPSA) is 188 Å². The summed E-state index contributed by atoms with van der Waals surface area (Å²) < 4.78 is 0. The van der Waals surface area contributed by atoms with E-state index in [0.717, 1.165) is 50.1 Å². The molecule has 3 heterocycles. The predicted molar refractivity (Wildman–Crippen MR) is 218 cm³/mol. The lowest BCUT2D eigenvalue weighted by Crippen LogP contribution is -2.30. The van der Waals surface area contributed by atoms with E-state index in [-0.39, 0.29) is 25.0 Å². The molecule has 3 aromatic carbocycles. The van der Waals surface area contributed by atoms with E-state index < -0.39 is 0 Å². The molecular formula is C40H56N6O5S2. The van der Waals surface area contributed by atoms with Crippen molar-refractivity contribution in [2.24, 2.45) is 11.6 Å². The highest BCUT2D eigenvalue weighted by Gasteiger charge is 2.34. The third-order valence-corrected chi connectivity index (χ3v) is 9.18. The van der Waals surface area contributed by atoms with Crippen LogP contribution in [0, 0.1) is 0 Å². The molecule has 0 bridgehead atoms. The minimum atomic E-state index is -0.175. The summed E-state index contributed by atoms with van der Waals surface area (Å²) in [7, 11) is 0. The van der Waals surface area contributed by atoms with E-state index >= 15 is 0 Å². The summed E-state index contributed by atoms with van der Waals surface area (Å²) in [6.45, 7) is 9.10. The van der Waals surface area contributed by atoms with Gasteiger partial charge in [-0.2, -0.15) is 0 Å².